The van der Waals surface area contributed by atoms with Gasteiger partial charge >= 0.3 is 0 Å². The fraction of sp³-hybridized carbons (Fsp3) is 0.800. The Morgan fingerprint density at radius 1 is 1.21 bits per heavy atom. The topological polar surface area (TPSA) is 61.2 Å². The number of ether oxygens (including phenoxy) is 1. The van der Waals surface area contributed by atoms with E-state index in [-0.39, 0.29) is 6.10 Å². The number of piperazine rings is 1. The first-order valence-corrected chi connectivity index (χ1v) is 10.7. The quantitative estimate of drug-likeness (QED) is 0.421. The minimum absolute atomic E-state index is 0.0581. The molecular formula is C20H37N7O. The number of guanidine groups is 1. The number of nitrogens with zero attached hydrogens (tertiary/aromatic N) is 6. The average molecular weight is 392 g/mol. The van der Waals surface area contributed by atoms with Gasteiger partial charge in [0.1, 0.15) is 6.10 Å². The van der Waals surface area contributed by atoms with E-state index < -0.39 is 0 Å². The molecule has 8 nitrogen and oxygen atoms in total. The fourth-order valence-corrected chi connectivity index (χ4v) is 3.97. The maximum atomic E-state index is 5.94. The highest BCUT2D eigenvalue weighted by Crippen LogP contribution is 2.21. The van der Waals surface area contributed by atoms with Crippen molar-refractivity contribution >= 4 is 5.96 Å². The molecule has 1 atom stereocenters. The summed E-state index contributed by atoms with van der Waals surface area (Å²) >= 11 is 0. The Balaban J connectivity index is 1.35. The van der Waals surface area contributed by atoms with Crippen LogP contribution in [0.1, 0.15) is 31.4 Å². The molecule has 2 saturated heterocycles. The van der Waals surface area contributed by atoms with Crippen molar-refractivity contribution in [3.05, 3.63) is 18.0 Å². The standard InChI is InChI=1S/C20H37N7O/c1-4-25-9-11-26(12-10-25)8-6-5-7-22-20(21-2)27-13-14-28-19(17-27)18-15-23-24(3)16-18/h15-16,19H,4-14,17H2,1-3H3,(H,21,22). The number of nitrogens with one attached hydrogen (secondary N) is 1. The number of aryl methyl sites for hydroxylation is 1. The van der Waals surface area contributed by atoms with Gasteiger partial charge in [-0.15, -0.1) is 0 Å². The van der Waals surface area contributed by atoms with Crippen LogP contribution in [0.3, 0.4) is 0 Å². The predicted molar refractivity (Wildman–Crippen MR) is 113 cm³/mol. The number of unbranched alkanes of at least 4 members (excludes halogenated alkanes) is 1. The van der Waals surface area contributed by atoms with Gasteiger partial charge in [0.25, 0.3) is 0 Å². The number of aliphatic imine (C=N–C) groups is 1. The molecule has 2 aliphatic rings. The Morgan fingerprint density at radius 3 is 2.68 bits per heavy atom. The first-order chi connectivity index (χ1) is 13.7. The van der Waals surface area contributed by atoms with E-state index in [1.54, 1.807) is 0 Å². The lowest BCUT2D eigenvalue weighted by atomic mass is 10.1. The lowest BCUT2D eigenvalue weighted by Gasteiger charge is -2.35. The van der Waals surface area contributed by atoms with Crippen molar-refractivity contribution in [3.8, 4) is 0 Å². The van der Waals surface area contributed by atoms with Crippen LogP contribution in [0.25, 0.3) is 0 Å². The minimum atomic E-state index is 0.0581. The molecule has 1 aromatic heterocycles. The Kier molecular flexibility index (Phi) is 8.12. The number of hydrogen-bond donors (Lipinski definition) is 1. The molecule has 1 N–H and O–H groups in total. The zero-order valence-electron chi connectivity index (χ0n) is 17.8. The van der Waals surface area contributed by atoms with Gasteiger partial charge < -0.3 is 24.8 Å². The summed E-state index contributed by atoms with van der Waals surface area (Å²) < 4.78 is 7.77. The fourth-order valence-electron chi connectivity index (χ4n) is 3.97. The molecule has 0 amide bonds. The molecule has 3 heterocycles. The largest absolute Gasteiger partial charge is 0.370 e. The van der Waals surface area contributed by atoms with Gasteiger partial charge in [-0.1, -0.05) is 6.92 Å². The third kappa shape index (κ3) is 5.93. The molecule has 0 spiro atoms. The third-order valence-corrected chi connectivity index (χ3v) is 5.77. The van der Waals surface area contributed by atoms with Crippen molar-refractivity contribution in [2.24, 2.45) is 12.0 Å². The van der Waals surface area contributed by atoms with Gasteiger partial charge in [0, 0.05) is 65.1 Å². The van der Waals surface area contributed by atoms with Crippen LogP contribution >= 0.6 is 0 Å². The van der Waals surface area contributed by atoms with Gasteiger partial charge in [0.2, 0.25) is 0 Å². The monoisotopic (exact) mass is 391 g/mol. The molecule has 28 heavy (non-hydrogen) atoms. The second-order valence-electron chi connectivity index (χ2n) is 7.71. The average Bonchev–Trinajstić information content (AvgIpc) is 3.17. The summed E-state index contributed by atoms with van der Waals surface area (Å²) in [6.45, 7) is 12.9. The number of morpholine rings is 1. The maximum Gasteiger partial charge on any atom is 0.193 e. The highest BCUT2D eigenvalue weighted by molar-refractivity contribution is 5.80. The van der Waals surface area contributed by atoms with E-state index in [1.807, 2.05) is 31.2 Å². The van der Waals surface area contributed by atoms with E-state index in [2.05, 4.69) is 37.0 Å². The van der Waals surface area contributed by atoms with Gasteiger partial charge in [-0.3, -0.25) is 9.67 Å². The molecule has 1 aromatic rings. The van der Waals surface area contributed by atoms with Crippen LogP contribution < -0.4 is 5.32 Å². The summed E-state index contributed by atoms with van der Waals surface area (Å²) in [4.78, 5) is 11.9. The molecule has 1 unspecified atom stereocenters. The molecule has 3 rings (SSSR count). The number of hydrogen-bond acceptors (Lipinski definition) is 5. The molecule has 2 aliphatic heterocycles. The van der Waals surface area contributed by atoms with Crippen LogP contribution in [0.15, 0.2) is 17.4 Å². The third-order valence-electron chi connectivity index (χ3n) is 5.77. The SMILES string of the molecule is CCN1CCN(CCCCNC(=NC)N2CCOC(c3cnn(C)c3)C2)CC1. The lowest BCUT2D eigenvalue weighted by molar-refractivity contribution is -0.00802. The number of aromatic nitrogens is 2. The minimum Gasteiger partial charge on any atom is -0.370 e. The lowest BCUT2D eigenvalue weighted by Crippen LogP contribution is -2.48. The second kappa shape index (κ2) is 10.8. The Labute approximate surface area is 169 Å². The molecule has 158 valence electrons. The highest BCUT2D eigenvalue weighted by atomic mass is 16.5. The number of rotatable bonds is 7. The molecule has 0 aliphatic carbocycles. The Morgan fingerprint density at radius 2 is 2.00 bits per heavy atom. The van der Waals surface area contributed by atoms with E-state index in [1.165, 1.54) is 52.1 Å². The van der Waals surface area contributed by atoms with Gasteiger partial charge in [-0.25, -0.2) is 0 Å². The van der Waals surface area contributed by atoms with E-state index in [9.17, 15) is 0 Å². The van der Waals surface area contributed by atoms with Crippen molar-refractivity contribution in [3.63, 3.8) is 0 Å². The van der Waals surface area contributed by atoms with Crippen molar-refractivity contribution in [2.45, 2.75) is 25.9 Å². The smallest absolute Gasteiger partial charge is 0.193 e. The van der Waals surface area contributed by atoms with Gasteiger partial charge in [-0.05, 0) is 25.9 Å². The summed E-state index contributed by atoms with van der Waals surface area (Å²) in [5.41, 5.74) is 1.13. The van der Waals surface area contributed by atoms with Crippen molar-refractivity contribution in [1.82, 2.24) is 29.8 Å². The second-order valence-corrected chi connectivity index (χ2v) is 7.71. The van der Waals surface area contributed by atoms with Crippen LogP contribution in [0, 0.1) is 0 Å². The molecule has 8 heteroatoms. The number of likely N-dealkylation sites (N-methyl/N-ethyl adjacent to an activating group) is 1. The molecular weight excluding hydrogens is 354 g/mol. The van der Waals surface area contributed by atoms with Gasteiger partial charge in [0.15, 0.2) is 5.96 Å². The van der Waals surface area contributed by atoms with Gasteiger partial charge in [0.05, 0.1) is 19.3 Å². The van der Waals surface area contributed by atoms with Gasteiger partial charge in [-0.2, -0.15) is 5.10 Å². The normalized spacial score (nSPS) is 22.6. The maximum absolute atomic E-state index is 5.94. The molecule has 0 aromatic carbocycles. The van der Waals surface area contributed by atoms with E-state index in [0.29, 0.717) is 6.61 Å². The predicted octanol–water partition coefficient (Wildman–Crippen LogP) is 0.787. The summed E-state index contributed by atoms with van der Waals surface area (Å²) in [5.74, 6) is 0.980. The summed E-state index contributed by atoms with van der Waals surface area (Å²) in [6, 6.07) is 0. The molecule has 0 radical (unpaired) electrons. The Bertz CT molecular complexity index is 609. The first kappa shape index (κ1) is 21.1. The summed E-state index contributed by atoms with van der Waals surface area (Å²) in [6.07, 6.45) is 6.39. The zero-order chi connectivity index (χ0) is 19.8. The van der Waals surface area contributed by atoms with Crippen LogP contribution in [0.2, 0.25) is 0 Å². The molecule has 0 bridgehead atoms. The zero-order valence-corrected chi connectivity index (χ0v) is 17.8. The van der Waals surface area contributed by atoms with Crippen molar-refractivity contribution < 1.29 is 4.74 Å². The van der Waals surface area contributed by atoms with Crippen LogP contribution in [-0.2, 0) is 11.8 Å². The van der Waals surface area contributed by atoms with Crippen molar-refractivity contribution in [2.75, 3.05) is 72.6 Å². The molecule has 0 saturated carbocycles. The van der Waals surface area contributed by atoms with Crippen LogP contribution in [0.5, 0.6) is 0 Å². The molecule has 2 fully saturated rings. The van der Waals surface area contributed by atoms with E-state index in [4.69, 9.17) is 4.74 Å². The van der Waals surface area contributed by atoms with Crippen LogP contribution in [-0.4, -0.2) is 103 Å². The Hall–Kier alpha value is -1.64. The van der Waals surface area contributed by atoms with E-state index >= 15 is 0 Å². The van der Waals surface area contributed by atoms with E-state index in [0.717, 1.165) is 31.2 Å². The van der Waals surface area contributed by atoms with Crippen LogP contribution in [0.4, 0.5) is 0 Å². The first-order valence-electron chi connectivity index (χ1n) is 10.7. The highest BCUT2D eigenvalue weighted by Gasteiger charge is 2.25. The van der Waals surface area contributed by atoms with Crippen molar-refractivity contribution in [1.29, 1.82) is 0 Å². The summed E-state index contributed by atoms with van der Waals surface area (Å²) in [7, 11) is 3.80. The summed E-state index contributed by atoms with van der Waals surface area (Å²) in [5, 5.41) is 7.81.